The zero-order chi connectivity index (χ0) is 15.3. The van der Waals surface area contributed by atoms with E-state index in [1.807, 2.05) is 0 Å². The molecule has 0 spiro atoms. The number of halogens is 1. The normalized spacial score (nSPS) is 25.4. The molecule has 1 aromatic carbocycles. The Morgan fingerprint density at radius 2 is 2.24 bits per heavy atom. The zero-order valence-corrected chi connectivity index (χ0v) is 12.5. The lowest BCUT2D eigenvalue weighted by Gasteiger charge is -2.38. The topological polar surface area (TPSA) is 47.6 Å². The minimum Gasteiger partial charge on any atom is -0.487 e. The van der Waals surface area contributed by atoms with Crippen LogP contribution >= 0.6 is 0 Å². The SMILES string of the molecule is CCOC(=O)C1(NC)CCCC(Oc2ccccc2F)C1. The highest BCUT2D eigenvalue weighted by atomic mass is 19.1. The molecule has 0 radical (unpaired) electrons. The molecule has 2 unspecified atom stereocenters. The Hall–Kier alpha value is -1.62. The smallest absolute Gasteiger partial charge is 0.326 e. The predicted octanol–water partition coefficient (Wildman–Crippen LogP) is 2.67. The van der Waals surface area contributed by atoms with Gasteiger partial charge in [-0.1, -0.05) is 12.1 Å². The Kier molecular flexibility index (Phi) is 5.17. The number of nitrogens with one attached hydrogen (secondary N) is 1. The molecule has 0 bridgehead atoms. The van der Waals surface area contributed by atoms with Crippen molar-refractivity contribution in [3.63, 3.8) is 0 Å². The summed E-state index contributed by atoms with van der Waals surface area (Å²) in [5, 5.41) is 3.08. The van der Waals surface area contributed by atoms with E-state index in [0.29, 0.717) is 19.4 Å². The highest BCUT2D eigenvalue weighted by Crippen LogP contribution is 2.32. The van der Waals surface area contributed by atoms with E-state index in [4.69, 9.17) is 9.47 Å². The Morgan fingerprint density at radius 3 is 2.90 bits per heavy atom. The average molecular weight is 295 g/mol. The lowest BCUT2D eigenvalue weighted by molar-refractivity contribution is -0.154. The second-order valence-electron chi connectivity index (χ2n) is 5.32. The van der Waals surface area contributed by atoms with Crippen molar-refractivity contribution < 1.29 is 18.7 Å². The van der Waals surface area contributed by atoms with Crippen LogP contribution in [0.1, 0.15) is 32.6 Å². The first-order chi connectivity index (χ1) is 10.1. The Morgan fingerprint density at radius 1 is 1.48 bits per heavy atom. The van der Waals surface area contributed by atoms with E-state index in [0.717, 1.165) is 12.8 Å². The maximum absolute atomic E-state index is 13.7. The molecule has 2 rings (SSSR count). The lowest BCUT2D eigenvalue weighted by Crippen LogP contribution is -2.56. The molecule has 1 fully saturated rings. The molecular formula is C16H22FNO3. The van der Waals surface area contributed by atoms with Crippen LogP contribution in [0.3, 0.4) is 0 Å². The number of hydrogen-bond acceptors (Lipinski definition) is 4. The molecule has 1 aliphatic carbocycles. The van der Waals surface area contributed by atoms with E-state index >= 15 is 0 Å². The molecule has 1 saturated carbocycles. The van der Waals surface area contributed by atoms with Crippen LogP contribution in [0.25, 0.3) is 0 Å². The molecule has 0 heterocycles. The number of rotatable bonds is 5. The number of carbonyl (C=O) groups excluding carboxylic acids is 1. The Labute approximate surface area is 124 Å². The first kappa shape index (κ1) is 15.8. The van der Waals surface area contributed by atoms with Crippen molar-refractivity contribution in [1.82, 2.24) is 5.32 Å². The van der Waals surface area contributed by atoms with Gasteiger partial charge in [0.15, 0.2) is 11.6 Å². The first-order valence-corrected chi connectivity index (χ1v) is 7.38. The lowest BCUT2D eigenvalue weighted by atomic mass is 9.80. The van der Waals surface area contributed by atoms with Crippen molar-refractivity contribution in [2.24, 2.45) is 0 Å². The summed E-state index contributed by atoms with van der Waals surface area (Å²) >= 11 is 0. The summed E-state index contributed by atoms with van der Waals surface area (Å²) in [5.74, 6) is -0.401. The van der Waals surface area contributed by atoms with Gasteiger partial charge in [0, 0.05) is 6.42 Å². The molecule has 21 heavy (non-hydrogen) atoms. The predicted molar refractivity (Wildman–Crippen MR) is 77.7 cm³/mol. The first-order valence-electron chi connectivity index (χ1n) is 7.38. The summed E-state index contributed by atoms with van der Waals surface area (Å²) in [4.78, 5) is 12.2. The van der Waals surface area contributed by atoms with Crippen LogP contribution in [0.5, 0.6) is 5.75 Å². The van der Waals surface area contributed by atoms with E-state index in [-0.39, 0.29) is 23.6 Å². The number of para-hydroxylation sites is 1. The van der Waals surface area contributed by atoms with Gasteiger partial charge in [0.1, 0.15) is 11.6 Å². The van der Waals surface area contributed by atoms with Crippen molar-refractivity contribution in [2.45, 2.75) is 44.2 Å². The monoisotopic (exact) mass is 295 g/mol. The molecule has 1 aromatic rings. The van der Waals surface area contributed by atoms with Gasteiger partial charge in [-0.05, 0) is 45.4 Å². The van der Waals surface area contributed by atoms with E-state index < -0.39 is 5.54 Å². The Bertz CT molecular complexity index is 494. The molecule has 2 atom stereocenters. The molecule has 116 valence electrons. The minimum absolute atomic E-state index is 0.201. The van der Waals surface area contributed by atoms with Crippen LogP contribution in [0.2, 0.25) is 0 Å². The van der Waals surface area contributed by atoms with Gasteiger partial charge in [0.2, 0.25) is 0 Å². The largest absolute Gasteiger partial charge is 0.487 e. The molecule has 1 aliphatic rings. The summed E-state index contributed by atoms with van der Waals surface area (Å²) in [7, 11) is 1.75. The van der Waals surface area contributed by atoms with Crippen molar-refractivity contribution >= 4 is 5.97 Å². The zero-order valence-electron chi connectivity index (χ0n) is 12.5. The van der Waals surface area contributed by atoms with Crippen LogP contribution in [0, 0.1) is 5.82 Å². The standard InChI is InChI=1S/C16H22FNO3/c1-3-20-15(19)16(18-2)10-6-7-12(11-16)21-14-9-5-4-8-13(14)17/h4-5,8-9,12,18H,3,6-7,10-11H2,1-2H3. The fraction of sp³-hybridized carbons (Fsp3) is 0.562. The highest BCUT2D eigenvalue weighted by molar-refractivity contribution is 5.81. The highest BCUT2D eigenvalue weighted by Gasteiger charge is 2.43. The van der Waals surface area contributed by atoms with Gasteiger partial charge in [-0.15, -0.1) is 0 Å². The fourth-order valence-corrected chi connectivity index (χ4v) is 2.83. The molecule has 0 amide bonds. The molecule has 1 N–H and O–H groups in total. The van der Waals surface area contributed by atoms with Crippen LogP contribution in [-0.4, -0.2) is 31.3 Å². The second-order valence-corrected chi connectivity index (χ2v) is 5.32. The van der Waals surface area contributed by atoms with Crippen molar-refractivity contribution in [3.05, 3.63) is 30.1 Å². The summed E-state index contributed by atoms with van der Waals surface area (Å²) in [6.45, 7) is 2.14. The van der Waals surface area contributed by atoms with Crippen molar-refractivity contribution in [2.75, 3.05) is 13.7 Å². The fourth-order valence-electron chi connectivity index (χ4n) is 2.83. The van der Waals surface area contributed by atoms with E-state index in [2.05, 4.69) is 5.32 Å². The maximum Gasteiger partial charge on any atom is 0.326 e. The third-order valence-electron chi connectivity index (χ3n) is 3.98. The van der Waals surface area contributed by atoms with Crippen molar-refractivity contribution in [1.29, 1.82) is 0 Å². The summed E-state index contributed by atoms with van der Waals surface area (Å²) in [6.07, 6.45) is 2.62. The van der Waals surface area contributed by atoms with E-state index in [9.17, 15) is 9.18 Å². The molecule has 0 aromatic heterocycles. The number of esters is 1. The van der Waals surface area contributed by atoms with Gasteiger partial charge in [-0.2, -0.15) is 0 Å². The number of benzene rings is 1. The van der Waals surface area contributed by atoms with Gasteiger partial charge < -0.3 is 14.8 Å². The number of ether oxygens (including phenoxy) is 2. The minimum atomic E-state index is -0.732. The third kappa shape index (κ3) is 3.53. The molecule has 0 saturated heterocycles. The van der Waals surface area contributed by atoms with Gasteiger partial charge in [0.25, 0.3) is 0 Å². The van der Waals surface area contributed by atoms with E-state index in [1.165, 1.54) is 6.07 Å². The summed E-state index contributed by atoms with van der Waals surface area (Å²) < 4.78 is 24.6. The third-order valence-corrected chi connectivity index (χ3v) is 3.98. The molecule has 0 aliphatic heterocycles. The Balaban J connectivity index is 2.09. The van der Waals surface area contributed by atoms with Gasteiger partial charge in [-0.25, -0.2) is 4.39 Å². The van der Waals surface area contributed by atoms with Gasteiger partial charge >= 0.3 is 5.97 Å². The van der Waals surface area contributed by atoms with Crippen LogP contribution in [-0.2, 0) is 9.53 Å². The van der Waals surface area contributed by atoms with Gasteiger partial charge in [0.05, 0.1) is 6.61 Å². The second kappa shape index (κ2) is 6.89. The summed E-state index contributed by atoms with van der Waals surface area (Å²) in [5.41, 5.74) is -0.732. The molecule has 4 nitrogen and oxygen atoms in total. The number of hydrogen-bond donors (Lipinski definition) is 1. The number of carbonyl (C=O) groups is 1. The van der Waals surface area contributed by atoms with Gasteiger partial charge in [-0.3, -0.25) is 4.79 Å². The molecular weight excluding hydrogens is 273 g/mol. The number of likely N-dealkylation sites (N-methyl/N-ethyl adjacent to an activating group) is 1. The van der Waals surface area contributed by atoms with Crippen molar-refractivity contribution in [3.8, 4) is 5.75 Å². The van der Waals surface area contributed by atoms with E-state index in [1.54, 1.807) is 32.2 Å². The van der Waals surface area contributed by atoms with Crippen LogP contribution in [0.4, 0.5) is 4.39 Å². The quantitative estimate of drug-likeness (QED) is 0.848. The van der Waals surface area contributed by atoms with Crippen LogP contribution < -0.4 is 10.1 Å². The average Bonchev–Trinajstić information content (AvgIpc) is 2.50. The maximum atomic E-state index is 13.7. The van der Waals surface area contributed by atoms with Crippen LogP contribution in [0.15, 0.2) is 24.3 Å². The summed E-state index contributed by atoms with van der Waals surface area (Å²) in [6, 6.07) is 6.33. The molecule has 5 heteroatoms.